The number of hydrogen-bond donors (Lipinski definition) is 0. The lowest BCUT2D eigenvalue weighted by Gasteiger charge is -1.97. The van der Waals surface area contributed by atoms with Gasteiger partial charge in [0.1, 0.15) is 5.78 Å². The van der Waals surface area contributed by atoms with E-state index in [2.05, 4.69) is 10.1 Å². The number of carbonyl (C=O) groups excluding carboxylic acids is 1. The van der Waals surface area contributed by atoms with E-state index in [1.165, 1.54) is 6.92 Å². The standard InChI is InChI=1S/C11H7F3N2O2/c1-5(17)2-9-15-11(16-18-9)6-3-7(12)10(14)8(13)4-6/h3-4H,2H2,1H3. The number of rotatable bonds is 3. The Bertz CT molecular complexity index is 587. The van der Waals surface area contributed by atoms with Crippen LogP contribution in [0.4, 0.5) is 13.2 Å². The van der Waals surface area contributed by atoms with E-state index in [0.717, 1.165) is 12.1 Å². The van der Waals surface area contributed by atoms with E-state index < -0.39 is 17.5 Å². The molecule has 0 atom stereocenters. The molecule has 0 aliphatic carbocycles. The summed E-state index contributed by atoms with van der Waals surface area (Å²) in [4.78, 5) is 14.6. The maximum absolute atomic E-state index is 13.0. The van der Waals surface area contributed by atoms with E-state index >= 15 is 0 Å². The molecule has 0 aliphatic heterocycles. The molecule has 2 rings (SSSR count). The average molecular weight is 256 g/mol. The maximum atomic E-state index is 13.0. The summed E-state index contributed by atoms with van der Waals surface area (Å²) in [6.07, 6.45) is -0.0703. The summed E-state index contributed by atoms with van der Waals surface area (Å²) in [5.41, 5.74) is -0.0649. The van der Waals surface area contributed by atoms with Crippen LogP contribution in [-0.2, 0) is 11.2 Å². The van der Waals surface area contributed by atoms with Crippen LogP contribution in [0.15, 0.2) is 16.7 Å². The van der Waals surface area contributed by atoms with Gasteiger partial charge in [-0.1, -0.05) is 5.16 Å². The average Bonchev–Trinajstić information content (AvgIpc) is 2.72. The van der Waals surface area contributed by atoms with Gasteiger partial charge in [0.15, 0.2) is 17.5 Å². The zero-order chi connectivity index (χ0) is 13.3. The fraction of sp³-hybridized carbons (Fsp3) is 0.182. The summed E-state index contributed by atoms with van der Waals surface area (Å²) in [6.45, 7) is 1.33. The zero-order valence-electron chi connectivity index (χ0n) is 9.21. The Kier molecular flexibility index (Phi) is 3.14. The lowest BCUT2D eigenvalue weighted by atomic mass is 10.2. The fourth-order valence-electron chi connectivity index (χ4n) is 1.34. The first-order valence-corrected chi connectivity index (χ1v) is 4.94. The fourth-order valence-corrected chi connectivity index (χ4v) is 1.34. The molecule has 0 saturated carbocycles. The maximum Gasteiger partial charge on any atom is 0.234 e. The summed E-state index contributed by atoms with van der Waals surface area (Å²) < 4.78 is 43.4. The van der Waals surface area contributed by atoms with E-state index in [9.17, 15) is 18.0 Å². The Balaban J connectivity index is 2.37. The summed E-state index contributed by atoms with van der Waals surface area (Å²) in [5.74, 6) is -4.52. The molecule has 0 spiro atoms. The Hall–Kier alpha value is -2.18. The van der Waals surface area contributed by atoms with Crippen LogP contribution >= 0.6 is 0 Å². The van der Waals surface area contributed by atoms with Gasteiger partial charge in [-0.2, -0.15) is 4.98 Å². The van der Waals surface area contributed by atoms with Crippen molar-refractivity contribution >= 4 is 5.78 Å². The summed E-state index contributed by atoms with van der Waals surface area (Å²) >= 11 is 0. The van der Waals surface area contributed by atoms with Crippen molar-refractivity contribution in [2.24, 2.45) is 0 Å². The predicted molar refractivity (Wildman–Crippen MR) is 54.0 cm³/mol. The number of halogens is 3. The lowest BCUT2D eigenvalue weighted by Crippen LogP contribution is -1.96. The van der Waals surface area contributed by atoms with Crippen molar-refractivity contribution in [3.05, 3.63) is 35.5 Å². The first kappa shape index (κ1) is 12.3. The summed E-state index contributed by atoms with van der Waals surface area (Å²) in [7, 11) is 0. The molecule has 1 aromatic carbocycles. The van der Waals surface area contributed by atoms with Crippen molar-refractivity contribution in [3.8, 4) is 11.4 Å². The van der Waals surface area contributed by atoms with Crippen molar-refractivity contribution in [3.63, 3.8) is 0 Å². The third-order valence-corrected chi connectivity index (χ3v) is 2.11. The van der Waals surface area contributed by atoms with Gasteiger partial charge in [-0.3, -0.25) is 4.79 Å². The molecule has 0 aliphatic rings. The Morgan fingerprint density at radius 3 is 2.44 bits per heavy atom. The summed E-state index contributed by atoms with van der Waals surface area (Å²) in [6, 6.07) is 1.50. The zero-order valence-corrected chi connectivity index (χ0v) is 9.21. The van der Waals surface area contributed by atoms with Gasteiger partial charge in [-0.15, -0.1) is 0 Å². The Morgan fingerprint density at radius 1 is 1.28 bits per heavy atom. The molecule has 1 aromatic heterocycles. The van der Waals surface area contributed by atoms with Gasteiger partial charge in [0.05, 0.1) is 6.42 Å². The molecule has 4 nitrogen and oxygen atoms in total. The van der Waals surface area contributed by atoms with Crippen LogP contribution in [0.5, 0.6) is 0 Å². The monoisotopic (exact) mass is 256 g/mol. The molecule has 0 amide bonds. The normalized spacial score (nSPS) is 10.7. The van der Waals surface area contributed by atoms with Gasteiger partial charge in [0.2, 0.25) is 11.7 Å². The summed E-state index contributed by atoms with van der Waals surface area (Å²) in [5, 5.41) is 3.46. The number of nitrogens with zero attached hydrogens (tertiary/aromatic N) is 2. The molecular weight excluding hydrogens is 249 g/mol. The quantitative estimate of drug-likeness (QED) is 0.790. The molecular formula is C11H7F3N2O2. The van der Waals surface area contributed by atoms with Gasteiger partial charge >= 0.3 is 0 Å². The van der Waals surface area contributed by atoms with Gasteiger partial charge in [-0.05, 0) is 19.1 Å². The number of aromatic nitrogens is 2. The largest absolute Gasteiger partial charge is 0.339 e. The van der Waals surface area contributed by atoms with Crippen LogP contribution in [0.25, 0.3) is 11.4 Å². The number of Topliss-reactive ketones (excluding diaryl/α,β-unsaturated/α-hetero) is 1. The number of hydrogen-bond acceptors (Lipinski definition) is 4. The highest BCUT2D eigenvalue weighted by atomic mass is 19.2. The van der Waals surface area contributed by atoms with Crippen LogP contribution in [0, 0.1) is 17.5 Å². The highest BCUT2D eigenvalue weighted by Gasteiger charge is 2.15. The number of benzene rings is 1. The van der Waals surface area contributed by atoms with Crippen LogP contribution < -0.4 is 0 Å². The molecule has 0 N–H and O–H groups in total. The first-order chi connectivity index (χ1) is 8.47. The van der Waals surface area contributed by atoms with E-state index in [4.69, 9.17) is 4.52 Å². The van der Waals surface area contributed by atoms with Crippen LogP contribution in [-0.4, -0.2) is 15.9 Å². The number of carbonyl (C=O) groups is 1. The minimum absolute atomic E-state index is 0.0302. The van der Waals surface area contributed by atoms with Crippen molar-refractivity contribution < 1.29 is 22.5 Å². The smallest absolute Gasteiger partial charge is 0.234 e. The SMILES string of the molecule is CC(=O)Cc1nc(-c2cc(F)c(F)c(F)c2)no1. The minimum Gasteiger partial charge on any atom is -0.339 e. The first-order valence-electron chi connectivity index (χ1n) is 4.94. The van der Waals surface area contributed by atoms with Gasteiger partial charge in [0, 0.05) is 5.56 Å². The molecule has 94 valence electrons. The third-order valence-electron chi connectivity index (χ3n) is 2.11. The van der Waals surface area contributed by atoms with Crippen LogP contribution in [0.3, 0.4) is 0 Å². The lowest BCUT2D eigenvalue weighted by molar-refractivity contribution is -0.116. The highest BCUT2D eigenvalue weighted by Crippen LogP contribution is 2.21. The Morgan fingerprint density at radius 2 is 1.89 bits per heavy atom. The van der Waals surface area contributed by atoms with Crippen molar-refractivity contribution in [1.29, 1.82) is 0 Å². The highest BCUT2D eigenvalue weighted by molar-refractivity contribution is 5.77. The molecule has 1 heterocycles. The topological polar surface area (TPSA) is 56.0 Å². The molecule has 2 aromatic rings. The molecule has 0 radical (unpaired) electrons. The minimum atomic E-state index is -1.56. The van der Waals surface area contributed by atoms with Crippen molar-refractivity contribution in [1.82, 2.24) is 10.1 Å². The van der Waals surface area contributed by atoms with E-state index in [-0.39, 0.29) is 29.5 Å². The van der Waals surface area contributed by atoms with E-state index in [0.29, 0.717) is 0 Å². The second kappa shape index (κ2) is 4.59. The molecule has 0 saturated heterocycles. The molecule has 0 unspecified atom stereocenters. The van der Waals surface area contributed by atoms with Crippen molar-refractivity contribution in [2.75, 3.05) is 0 Å². The van der Waals surface area contributed by atoms with Gasteiger partial charge < -0.3 is 4.52 Å². The molecule has 7 heteroatoms. The Labute approximate surface area is 99.4 Å². The van der Waals surface area contributed by atoms with Crippen LogP contribution in [0.2, 0.25) is 0 Å². The molecule has 18 heavy (non-hydrogen) atoms. The second-order valence-corrected chi connectivity index (χ2v) is 3.64. The van der Waals surface area contributed by atoms with E-state index in [1.54, 1.807) is 0 Å². The van der Waals surface area contributed by atoms with Gasteiger partial charge in [-0.25, -0.2) is 13.2 Å². The molecule has 0 fully saturated rings. The van der Waals surface area contributed by atoms with Crippen molar-refractivity contribution in [2.45, 2.75) is 13.3 Å². The molecule has 0 bridgehead atoms. The third kappa shape index (κ3) is 2.39. The van der Waals surface area contributed by atoms with E-state index in [1.807, 2.05) is 0 Å². The van der Waals surface area contributed by atoms with Gasteiger partial charge in [0.25, 0.3) is 0 Å². The predicted octanol–water partition coefficient (Wildman–Crippen LogP) is 2.29. The number of ketones is 1. The van der Waals surface area contributed by atoms with Crippen LogP contribution in [0.1, 0.15) is 12.8 Å². The second-order valence-electron chi connectivity index (χ2n) is 3.64.